The van der Waals surface area contributed by atoms with Crippen molar-refractivity contribution in [2.45, 2.75) is 38.8 Å². The second-order valence-electron chi connectivity index (χ2n) is 9.32. The Morgan fingerprint density at radius 1 is 0.946 bits per heavy atom. The third-order valence-electron chi connectivity index (χ3n) is 6.88. The van der Waals surface area contributed by atoms with E-state index in [0.29, 0.717) is 34.6 Å². The average molecular weight is 498 g/mol. The van der Waals surface area contributed by atoms with Crippen molar-refractivity contribution in [2.24, 2.45) is 0 Å². The van der Waals surface area contributed by atoms with E-state index in [1.807, 2.05) is 42.5 Å². The number of carbonyl (C=O) groups excluding carboxylic acids is 1. The monoisotopic (exact) mass is 497 g/mol. The van der Waals surface area contributed by atoms with E-state index in [1.165, 1.54) is 0 Å². The second-order valence-corrected chi connectivity index (χ2v) is 9.32. The molecule has 7 heteroatoms. The first-order chi connectivity index (χ1) is 18.1. The van der Waals surface area contributed by atoms with E-state index in [-0.39, 0.29) is 30.4 Å². The lowest BCUT2D eigenvalue weighted by atomic mass is 9.98. The molecule has 3 aromatic carbocycles. The Hall–Kier alpha value is -4.26. The van der Waals surface area contributed by atoms with Crippen LogP contribution in [0.3, 0.4) is 0 Å². The number of hydrogen-bond acceptors (Lipinski definition) is 6. The molecular formula is C30H27NO6. The third-order valence-corrected chi connectivity index (χ3v) is 6.88. The first-order valence-corrected chi connectivity index (χ1v) is 12.6. The highest BCUT2D eigenvalue weighted by molar-refractivity contribution is 5.99. The van der Waals surface area contributed by atoms with Crippen LogP contribution in [0.25, 0.3) is 11.0 Å². The Labute approximate surface area is 214 Å². The molecule has 0 aliphatic carbocycles. The first-order valence-electron chi connectivity index (χ1n) is 12.6. The summed E-state index contributed by atoms with van der Waals surface area (Å²) in [6, 6.07) is 19.7. The van der Waals surface area contributed by atoms with Gasteiger partial charge in [0.1, 0.15) is 11.3 Å². The number of hydrogen-bond donors (Lipinski definition) is 0. The van der Waals surface area contributed by atoms with E-state index in [4.69, 9.17) is 18.6 Å². The predicted molar refractivity (Wildman–Crippen MR) is 138 cm³/mol. The Morgan fingerprint density at radius 3 is 2.59 bits per heavy atom. The summed E-state index contributed by atoms with van der Waals surface area (Å²) in [5.41, 5.74) is 2.25. The molecule has 0 saturated heterocycles. The zero-order valence-electron chi connectivity index (χ0n) is 20.6. The van der Waals surface area contributed by atoms with Crippen molar-refractivity contribution in [3.05, 3.63) is 99.4 Å². The molecule has 0 spiro atoms. The molecule has 0 saturated carbocycles. The SMILES string of the molecule is CCCCCOc1ccc(C2c3c(oc4ccccc4c3=O)C(=O)N2Cc2ccc3c(c2)OCO3)cc1. The normalized spacial score (nSPS) is 15.9. The van der Waals surface area contributed by atoms with Gasteiger partial charge in [0.2, 0.25) is 12.6 Å². The van der Waals surface area contributed by atoms with Crippen LogP contribution in [-0.2, 0) is 6.54 Å². The molecule has 1 amide bonds. The molecule has 37 heavy (non-hydrogen) atoms. The maximum absolute atomic E-state index is 13.7. The van der Waals surface area contributed by atoms with E-state index in [0.717, 1.165) is 36.1 Å². The molecule has 3 heterocycles. The smallest absolute Gasteiger partial charge is 0.291 e. The molecule has 1 atom stereocenters. The van der Waals surface area contributed by atoms with Crippen LogP contribution in [0.1, 0.15) is 59.5 Å². The van der Waals surface area contributed by atoms with Crippen molar-refractivity contribution < 1.29 is 23.4 Å². The lowest BCUT2D eigenvalue weighted by Crippen LogP contribution is -2.29. The summed E-state index contributed by atoms with van der Waals surface area (Å²) in [6.45, 7) is 3.26. The topological polar surface area (TPSA) is 78.2 Å². The highest BCUT2D eigenvalue weighted by Crippen LogP contribution is 2.40. The summed E-state index contributed by atoms with van der Waals surface area (Å²) in [5.74, 6) is 1.85. The molecule has 188 valence electrons. The highest BCUT2D eigenvalue weighted by atomic mass is 16.7. The molecule has 0 fully saturated rings. The molecule has 7 nitrogen and oxygen atoms in total. The zero-order valence-corrected chi connectivity index (χ0v) is 20.6. The van der Waals surface area contributed by atoms with Crippen molar-refractivity contribution in [2.75, 3.05) is 13.4 Å². The van der Waals surface area contributed by atoms with Crippen LogP contribution < -0.4 is 19.6 Å². The minimum Gasteiger partial charge on any atom is -0.494 e. The van der Waals surface area contributed by atoms with Crippen LogP contribution in [0.5, 0.6) is 17.2 Å². The van der Waals surface area contributed by atoms with Gasteiger partial charge in [-0.25, -0.2) is 0 Å². The number of rotatable bonds is 8. The van der Waals surface area contributed by atoms with E-state index in [1.54, 1.807) is 29.2 Å². The maximum Gasteiger partial charge on any atom is 0.291 e. The number of benzene rings is 3. The van der Waals surface area contributed by atoms with Crippen molar-refractivity contribution in [3.63, 3.8) is 0 Å². The Balaban J connectivity index is 1.39. The molecule has 4 aromatic rings. The van der Waals surface area contributed by atoms with Gasteiger partial charge in [-0.1, -0.05) is 50.1 Å². The number of amides is 1. The molecule has 2 aliphatic rings. The van der Waals surface area contributed by atoms with Crippen LogP contribution in [0.4, 0.5) is 0 Å². The number of unbranched alkanes of at least 4 members (excludes halogenated alkanes) is 2. The van der Waals surface area contributed by atoms with Crippen LogP contribution in [0.2, 0.25) is 0 Å². The summed E-state index contributed by atoms with van der Waals surface area (Å²) in [6.07, 6.45) is 3.26. The fourth-order valence-electron chi connectivity index (χ4n) is 5.00. The molecular weight excluding hydrogens is 470 g/mol. The van der Waals surface area contributed by atoms with E-state index >= 15 is 0 Å². The third kappa shape index (κ3) is 4.20. The van der Waals surface area contributed by atoms with Gasteiger partial charge in [0, 0.05) is 6.54 Å². The molecule has 1 aromatic heterocycles. The van der Waals surface area contributed by atoms with Gasteiger partial charge in [-0.05, 0) is 53.9 Å². The largest absolute Gasteiger partial charge is 0.494 e. The lowest BCUT2D eigenvalue weighted by Gasteiger charge is -2.25. The Morgan fingerprint density at radius 2 is 1.76 bits per heavy atom. The number of ether oxygens (including phenoxy) is 3. The molecule has 2 aliphatic heterocycles. The van der Waals surface area contributed by atoms with E-state index in [9.17, 15) is 9.59 Å². The van der Waals surface area contributed by atoms with Gasteiger partial charge < -0.3 is 23.5 Å². The summed E-state index contributed by atoms with van der Waals surface area (Å²) in [5, 5.41) is 0.458. The van der Waals surface area contributed by atoms with Gasteiger partial charge in [0.15, 0.2) is 16.9 Å². The Kier molecular flexibility index (Phi) is 6.04. The molecule has 0 radical (unpaired) electrons. The van der Waals surface area contributed by atoms with Crippen LogP contribution in [0.15, 0.2) is 75.9 Å². The minimum absolute atomic E-state index is 0.0920. The average Bonchev–Trinajstić information content (AvgIpc) is 3.50. The molecule has 6 rings (SSSR count). The molecule has 1 unspecified atom stereocenters. The summed E-state index contributed by atoms with van der Waals surface area (Å²) in [4.78, 5) is 29.1. The fourth-order valence-corrected chi connectivity index (χ4v) is 5.00. The number of para-hydroxylation sites is 1. The van der Waals surface area contributed by atoms with Crippen LogP contribution in [0, 0.1) is 0 Å². The van der Waals surface area contributed by atoms with Gasteiger partial charge in [0.05, 0.1) is 23.6 Å². The Bertz CT molecular complexity index is 1520. The summed E-state index contributed by atoms with van der Waals surface area (Å²) < 4.78 is 22.9. The van der Waals surface area contributed by atoms with Gasteiger partial charge in [0.25, 0.3) is 5.91 Å². The zero-order chi connectivity index (χ0) is 25.4. The first kappa shape index (κ1) is 23.2. The van der Waals surface area contributed by atoms with Crippen molar-refractivity contribution in [1.82, 2.24) is 4.90 Å². The quantitative estimate of drug-likeness (QED) is 0.285. The molecule has 0 N–H and O–H groups in total. The van der Waals surface area contributed by atoms with Gasteiger partial charge >= 0.3 is 0 Å². The number of carbonyl (C=O) groups is 1. The maximum atomic E-state index is 13.7. The molecule has 0 bridgehead atoms. The van der Waals surface area contributed by atoms with Crippen molar-refractivity contribution in [1.29, 1.82) is 0 Å². The van der Waals surface area contributed by atoms with Gasteiger partial charge in [-0.3, -0.25) is 9.59 Å². The fraction of sp³-hybridized carbons (Fsp3) is 0.267. The lowest BCUT2D eigenvalue weighted by molar-refractivity contribution is 0.0714. The number of nitrogens with zero attached hydrogens (tertiary/aromatic N) is 1. The van der Waals surface area contributed by atoms with Crippen molar-refractivity contribution in [3.8, 4) is 17.2 Å². The summed E-state index contributed by atoms with van der Waals surface area (Å²) in [7, 11) is 0. The highest BCUT2D eigenvalue weighted by Gasteiger charge is 2.42. The van der Waals surface area contributed by atoms with Crippen LogP contribution in [-0.4, -0.2) is 24.2 Å². The van der Waals surface area contributed by atoms with E-state index in [2.05, 4.69) is 6.92 Å². The minimum atomic E-state index is -0.595. The second kappa shape index (κ2) is 9.65. The number of fused-ring (bicyclic) bond motifs is 3. The van der Waals surface area contributed by atoms with Gasteiger partial charge in [-0.2, -0.15) is 0 Å². The van der Waals surface area contributed by atoms with Gasteiger partial charge in [-0.15, -0.1) is 0 Å². The van der Waals surface area contributed by atoms with E-state index < -0.39 is 6.04 Å². The van der Waals surface area contributed by atoms with Crippen molar-refractivity contribution >= 4 is 16.9 Å². The van der Waals surface area contributed by atoms with Crippen LogP contribution >= 0.6 is 0 Å². The summed E-state index contributed by atoms with van der Waals surface area (Å²) >= 11 is 0. The standard InChI is InChI=1S/C30H27NO6/c1-2-3-6-15-34-21-12-10-20(11-13-21)27-26-28(32)22-7-4-5-8-23(22)37-29(26)30(33)31(27)17-19-9-14-24-25(16-19)36-18-35-24/h4-5,7-14,16,27H,2-3,6,15,17-18H2,1H3. The predicted octanol–water partition coefficient (Wildman–Crippen LogP) is 5.84.